The Morgan fingerprint density at radius 2 is 2.00 bits per heavy atom. The number of benzene rings is 1. The van der Waals surface area contributed by atoms with E-state index in [1.165, 1.54) is 18.4 Å². The number of nitrogens with one attached hydrogen (secondary N) is 1. The third-order valence-electron chi connectivity index (χ3n) is 3.76. The molecule has 2 rings (SSSR count). The summed E-state index contributed by atoms with van der Waals surface area (Å²) in [4.78, 5) is 7.04. The predicted molar refractivity (Wildman–Crippen MR) is 84.8 cm³/mol. The third kappa shape index (κ3) is 4.23. The van der Waals surface area contributed by atoms with E-state index in [0.29, 0.717) is 12.0 Å². The molecule has 4 heteroatoms. The minimum Gasteiger partial charge on any atom is -0.370 e. The lowest BCUT2D eigenvalue weighted by Crippen LogP contribution is -2.34. The van der Waals surface area contributed by atoms with Crippen molar-refractivity contribution < 1.29 is 0 Å². The lowest BCUT2D eigenvalue weighted by atomic mass is 10.1. The molecule has 1 aromatic carbocycles. The molecular weight excluding hydrogens is 248 g/mol. The van der Waals surface area contributed by atoms with Gasteiger partial charge in [-0.3, -0.25) is 9.89 Å². The molecule has 110 valence electrons. The lowest BCUT2D eigenvalue weighted by molar-refractivity contribution is 0.251. The van der Waals surface area contributed by atoms with E-state index in [1.807, 2.05) is 0 Å². The van der Waals surface area contributed by atoms with Crippen molar-refractivity contribution in [2.75, 3.05) is 26.2 Å². The van der Waals surface area contributed by atoms with Crippen molar-refractivity contribution in [2.45, 2.75) is 32.2 Å². The van der Waals surface area contributed by atoms with Gasteiger partial charge in [-0.15, -0.1) is 0 Å². The van der Waals surface area contributed by atoms with Gasteiger partial charge < -0.3 is 11.1 Å². The number of nitrogens with two attached hydrogens (primary N) is 1. The van der Waals surface area contributed by atoms with Gasteiger partial charge in [0.25, 0.3) is 0 Å². The van der Waals surface area contributed by atoms with E-state index >= 15 is 0 Å². The number of nitrogens with zero attached hydrogens (tertiary/aromatic N) is 2. The summed E-state index contributed by atoms with van der Waals surface area (Å²) in [6, 6.07) is 11.0. The summed E-state index contributed by atoms with van der Waals surface area (Å²) in [6.45, 7) is 6.06. The van der Waals surface area contributed by atoms with Crippen LogP contribution in [-0.4, -0.2) is 37.0 Å². The van der Waals surface area contributed by atoms with Crippen LogP contribution in [-0.2, 0) is 0 Å². The Bertz CT molecular complexity index is 410. The second-order valence-corrected chi connectivity index (χ2v) is 5.32. The van der Waals surface area contributed by atoms with Crippen LogP contribution in [0.3, 0.4) is 0 Å². The van der Waals surface area contributed by atoms with Gasteiger partial charge in [0, 0.05) is 6.54 Å². The second kappa shape index (κ2) is 7.90. The molecule has 0 saturated carbocycles. The largest absolute Gasteiger partial charge is 0.370 e. The second-order valence-electron chi connectivity index (χ2n) is 5.32. The quantitative estimate of drug-likeness (QED) is 0.617. The molecule has 0 radical (unpaired) electrons. The van der Waals surface area contributed by atoms with Crippen molar-refractivity contribution in [2.24, 2.45) is 10.7 Å². The Balaban J connectivity index is 2.03. The Hall–Kier alpha value is -1.55. The molecule has 20 heavy (non-hydrogen) atoms. The van der Waals surface area contributed by atoms with Gasteiger partial charge in [-0.1, -0.05) is 37.3 Å². The van der Waals surface area contributed by atoms with Crippen molar-refractivity contribution in [3.63, 3.8) is 0 Å². The molecule has 0 bridgehead atoms. The Kier molecular flexibility index (Phi) is 5.87. The molecule has 0 amide bonds. The number of guanidine groups is 1. The molecule has 0 aromatic heterocycles. The zero-order chi connectivity index (χ0) is 14.2. The Labute approximate surface area is 122 Å². The van der Waals surface area contributed by atoms with Crippen molar-refractivity contribution in [3.05, 3.63) is 35.9 Å². The highest BCUT2D eigenvalue weighted by atomic mass is 15.2. The van der Waals surface area contributed by atoms with Crippen LogP contribution in [0.5, 0.6) is 0 Å². The highest BCUT2D eigenvalue weighted by Gasteiger charge is 2.22. The lowest BCUT2D eigenvalue weighted by Gasteiger charge is -2.26. The van der Waals surface area contributed by atoms with E-state index in [1.54, 1.807) is 0 Å². The maximum Gasteiger partial charge on any atom is 0.188 e. The summed E-state index contributed by atoms with van der Waals surface area (Å²) >= 11 is 0. The highest BCUT2D eigenvalue weighted by Crippen LogP contribution is 2.25. The SMILES string of the molecule is CCCNC(N)=NCC(c1ccccc1)N1CCCC1. The molecule has 4 nitrogen and oxygen atoms in total. The average molecular weight is 274 g/mol. The summed E-state index contributed by atoms with van der Waals surface area (Å²) in [5.41, 5.74) is 7.24. The van der Waals surface area contributed by atoms with Crippen LogP contribution in [0, 0.1) is 0 Å². The molecule has 3 N–H and O–H groups in total. The first-order chi connectivity index (χ1) is 9.81. The van der Waals surface area contributed by atoms with Crippen LogP contribution in [0.1, 0.15) is 37.8 Å². The van der Waals surface area contributed by atoms with Crippen molar-refractivity contribution in [1.82, 2.24) is 10.2 Å². The van der Waals surface area contributed by atoms with Gasteiger partial charge in [0.1, 0.15) is 0 Å². The van der Waals surface area contributed by atoms with E-state index in [2.05, 4.69) is 52.5 Å². The predicted octanol–water partition coefficient (Wildman–Crippen LogP) is 2.14. The van der Waals surface area contributed by atoms with Crippen molar-refractivity contribution >= 4 is 5.96 Å². The molecular formula is C16H26N4. The number of aliphatic imine (C=N–C) groups is 1. The monoisotopic (exact) mass is 274 g/mol. The van der Waals surface area contributed by atoms with Gasteiger partial charge in [-0.05, 0) is 37.9 Å². The first-order valence-electron chi connectivity index (χ1n) is 7.64. The molecule has 1 heterocycles. The molecule has 1 unspecified atom stereocenters. The zero-order valence-corrected chi connectivity index (χ0v) is 12.4. The van der Waals surface area contributed by atoms with Crippen LogP contribution in [0.25, 0.3) is 0 Å². The van der Waals surface area contributed by atoms with Crippen LogP contribution in [0.4, 0.5) is 0 Å². The maximum absolute atomic E-state index is 5.91. The summed E-state index contributed by atoms with van der Waals surface area (Å²) in [6.07, 6.45) is 3.64. The molecule has 1 saturated heterocycles. The van der Waals surface area contributed by atoms with Gasteiger partial charge >= 0.3 is 0 Å². The highest BCUT2D eigenvalue weighted by molar-refractivity contribution is 5.77. The van der Waals surface area contributed by atoms with Gasteiger partial charge in [0.05, 0.1) is 12.6 Å². The van der Waals surface area contributed by atoms with Gasteiger partial charge in [0.15, 0.2) is 5.96 Å². The smallest absolute Gasteiger partial charge is 0.188 e. The van der Waals surface area contributed by atoms with Crippen molar-refractivity contribution in [3.8, 4) is 0 Å². The number of rotatable bonds is 6. The minimum absolute atomic E-state index is 0.348. The fourth-order valence-corrected chi connectivity index (χ4v) is 2.65. The van der Waals surface area contributed by atoms with Crippen LogP contribution in [0.15, 0.2) is 35.3 Å². The topological polar surface area (TPSA) is 53.6 Å². The van der Waals surface area contributed by atoms with Crippen LogP contribution < -0.4 is 11.1 Å². The van der Waals surface area contributed by atoms with Crippen LogP contribution >= 0.6 is 0 Å². The molecule has 0 aliphatic carbocycles. The summed E-state index contributed by atoms with van der Waals surface area (Å²) in [5, 5.41) is 3.14. The van der Waals surface area contributed by atoms with Crippen molar-refractivity contribution in [1.29, 1.82) is 0 Å². The fraction of sp³-hybridized carbons (Fsp3) is 0.562. The number of hydrogen-bond acceptors (Lipinski definition) is 2. The van der Waals surface area contributed by atoms with E-state index in [4.69, 9.17) is 5.73 Å². The third-order valence-corrected chi connectivity index (χ3v) is 3.76. The molecule has 1 fully saturated rings. The van der Waals surface area contributed by atoms with E-state index in [9.17, 15) is 0 Å². The fourth-order valence-electron chi connectivity index (χ4n) is 2.65. The summed E-state index contributed by atoms with van der Waals surface area (Å²) in [5.74, 6) is 0.562. The normalized spacial score (nSPS) is 18.1. The molecule has 1 aliphatic rings. The summed E-state index contributed by atoms with van der Waals surface area (Å²) in [7, 11) is 0. The van der Waals surface area contributed by atoms with Gasteiger partial charge in [-0.25, -0.2) is 0 Å². The maximum atomic E-state index is 5.91. The standard InChI is InChI=1S/C16H26N4/c1-2-10-18-16(17)19-13-15(20-11-6-7-12-20)14-8-4-3-5-9-14/h3-5,8-9,15H,2,6-7,10-13H2,1H3,(H3,17,18,19). The molecule has 1 aromatic rings. The first kappa shape index (κ1) is 14.9. The van der Waals surface area contributed by atoms with Crippen LogP contribution in [0.2, 0.25) is 0 Å². The van der Waals surface area contributed by atoms with E-state index < -0.39 is 0 Å². The van der Waals surface area contributed by atoms with E-state index in [0.717, 1.165) is 32.6 Å². The zero-order valence-electron chi connectivity index (χ0n) is 12.4. The number of hydrogen-bond donors (Lipinski definition) is 2. The van der Waals surface area contributed by atoms with Gasteiger partial charge in [-0.2, -0.15) is 0 Å². The minimum atomic E-state index is 0.348. The molecule has 1 atom stereocenters. The average Bonchev–Trinajstić information content (AvgIpc) is 3.00. The Morgan fingerprint density at radius 1 is 1.30 bits per heavy atom. The summed E-state index contributed by atoms with van der Waals surface area (Å²) < 4.78 is 0. The molecule has 1 aliphatic heterocycles. The van der Waals surface area contributed by atoms with E-state index in [-0.39, 0.29) is 0 Å². The molecule has 0 spiro atoms. The first-order valence-corrected chi connectivity index (χ1v) is 7.64. The Morgan fingerprint density at radius 3 is 2.65 bits per heavy atom. The number of likely N-dealkylation sites (tertiary alicyclic amines) is 1. The van der Waals surface area contributed by atoms with Gasteiger partial charge in [0.2, 0.25) is 0 Å².